The quantitative estimate of drug-likeness (QED) is 0.870. The first-order valence-electron chi connectivity index (χ1n) is 7.95. The summed E-state index contributed by atoms with van der Waals surface area (Å²) in [6.07, 6.45) is 4.46. The predicted molar refractivity (Wildman–Crippen MR) is 87.9 cm³/mol. The van der Waals surface area contributed by atoms with Crippen molar-refractivity contribution in [2.24, 2.45) is 7.05 Å². The van der Waals surface area contributed by atoms with Crippen LogP contribution < -0.4 is 0 Å². The lowest BCUT2D eigenvalue weighted by molar-refractivity contribution is 0.0385. The van der Waals surface area contributed by atoms with E-state index in [1.165, 1.54) is 0 Å². The third-order valence-corrected chi connectivity index (χ3v) is 9.81. The largest absolute Gasteiger partial charge is 0.414 e. The highest BCUT2D eigenvalue weighted by atomic mass is 28.4. The second-order valence-corrected chi connectivity index (χ2v) is 12.6. The van der Waals surface area contributed by atoms with E-state index >= 15 is 0 Å². The van der Waals surface area contributed by atoms with E-state index in [0.29, 0.717) is 0 Å². The van der Waals surface area contributed by atoms with Crippen molar-refractivity contribution in [3.05, 3.63) is 18.0 Å². The van der Waals surface area contributed by atoms with Gasteiger partial charge in [-0.15, -0.1) is 0 Å². The van der Waals surface area contributed by atoms with Gasteiger partial charge in [0.25, 0.3) is 0 Å². The normalized spacial score (nSPS) is 27.9. The molecule has 4 nitrogen and oxygen atoms in total. The molecule has 1 aliphatic rings. The molecule has 1 saturated carbocycles. The van der Waals surface area contributed by atoms with Crippen molar-refractivity contribution >= 4 is 8.32 Å². The molecule has 0 radical (unpaired) electrons. The van der Waals surface area contributed by atoms with Gasteiger partial charge in [-0.3, -0.25) is 4.68 Å². The molecule has 21 heavy (non-hydrogen) atoms. The third-order valence-electron chi connectivity index (χ3n) is 5.27. The van der Waals surface area contributed by atoms with Crippen molar-refractivity contribution < 1.29 is 9.53 Å². The highest BCUT2D eigenvalue weighted by molar-refractivity contribution is 6.74. The zero-order chi connectivity index (χ0) is 15.8. The monoisotopic (exact) mass is 310 g/mol. The number of nitrogens with zero attached hydrogens (tertiary/aromatic N) is 2. The van der Waals surface area contributed by atoms with Crippen LogP contribution in [0.15, 0.2) is 12.3 Å². The summed E-state index contributed by atoms with van der Waals surface area (Å²) in [7, 11) is 0.198. The molecule has 0 spiro atoms. The first-order chi connectivity index (χ1) is 9.62. The van der Waals surface area contributed by atoms with Crippen molar-refractivity contribution in [2.75, 3.05) is 0 Å². The zero-order valence-corrected chi connectivity index (χ0v) is 15.3. The number of aliphatic hydroxyl groups is 1. The molecule has 0 aliphatic heterocycles. The van der Waals surface area contributed by atoms with Gasteiger partial charge in [0.15, 0.2) is 8.32 Å². The topological polar surface area (TPSA) is 47.3 Å². The molecule has 0 unspecified atom stereocenters. The molecule has 0 bridgehead atoms. The van der Waals surface area contributed by atoms with Gasteiger partial charge < -0.3 is 9.53 Å². The molecule has 2 rings (SSSR count). The van der Waals surface area contributed by atoms with Crippen LogP contribution in [0.3, 0.4) is 0 Å². The Kier molecular flexibility index (Phi) is 4.66. The van der Waals surface area contributed by atoms with Crippen LogP contribution in [0.1, 0.15) is 51.6 Å². The Balaban J connectivity index is 2.10. The fraction of sp³-hybridized carbons (Fsp3) is 0.812. The fourth-order valence-electron chi connectivity index (χ4n) is 2.88. The minimum Gasteiger partial charge on any atom is -0.414 e. The number of aliphatic hydroxyl groups excluding tert-OH is 1. The highest BCUT2D eigenvalue weighted by Gasteiger charge is 2.41. The van der Waals surface area contributed by atoms with Gasteiger partial charge in [0.1, 0.15) is 0 Å². The molecule has 1 heterocycles. The van der Waals surface area contributed by atoms with E-state index in [1.807, 2.05) is 17.8 Å². The number of hydrogen-bond acceptors (Lipinski definition) is 3. The number of hydrogen-bond donors (Lipinski definition) is 1. The summed E-state index contributed by atoms with van der Waals surface area (Å²) in [6, 6.07) is 2.02. The molecule has 3 atom stereocenters. The maximum absolute atomic E-state index is 10.4. The lowest BCUT2D eigenvalue weighted by Crippen LogP contribution is -2.46. The number of rotatable bonds is 3. The first-order valence-corrected chi connectivity index (χ1v) is 10.9. The maximum atomic E-state index is 10.4. The summed E-state index contributed by atoms with van der Waals surface area (Å²) in [5, 5.41) is 14.8. The van der Waals surface area contributed by atoms with E-state index in [4.69, 9.17) is 4.43 Å². The molecular weight excluding hydrogens is 280 g/mol. The Bertz CT molecular complexity index is 479. The number of aromatic nitrogens is 2. The summed E-state index contributed by atoms with van der Waals surface area (Å²) < 4.78 is 8.44. The van der Waals surface area contributed by atoms with Crippen molar-refractivity contribution in [1.82, 2.24) is 9.78 Å². The minimum atomic E-state index is -1.75. The van der Waals surface area contributed by atoms with Gasteiger partial charge in [-0.05, 0) is 43.5 Å². The molecular formula is C16H30N2O2Si. The SMILES string of the molecule is Cn1nccc1[C@@H]1C[C@@H](O[Si](C)(C)C(C)(C)C)CC[C@H]1O. The molecule has 0 saturated heterocycles. The van der Waals surface area contributed by atoms with Crippen LogP contribution in [0.25, 0.3) is 0 Å². The molecule has 1 fully saturated rings. The van der Waals surface area contributed by atoms with Gasteiger partial charge in [-0.2, -0.15) is 5.10 Å². The summed E-state index contributed by atoms with van der Waals surface area (Å²) >= 11 is 0. The summed E-state index contributed by atoms with van der Waals surface area (Å²) in [4.78, 5) is 0. The number of aryl methyl sites for hydroxylation is 1. The molecule has 1 aromatic heterocycles. The van der Waals surface area contributed by atoms with E-state index < -0.39 is 8.32 Å². The summed E-state index contributed by atoms with van der Waals surface area (Å²) in [5.74, 6) is 0.140. The van der Waals surface area contributed by atoms with E-state index in [0.717, 1.165) is 25.0 Å². The van der Waals surface area contributed by atoms with Crippen molar-refractivity contribution in [3.8, 4) is 0 Å². The van der Waals surface area contributed by atoms with Crippen molar-refractivity contribution in [2.45, 2.75) is 76.3 Å². The maximum Gasteiger partial charge on any atom is 0.192 e. The molecule has 120 valence electrons. The zero-order valence-electron chi connectivity index (χ0n) is 14.3. The van der Waals surface area contributed by atoms with Crippen LogP contribution in [0.4, 0.5) is 0 Å². The molecule has 0 amide bonds. The smallest absolute Gasteiger partial charge is 0.192 e. The third kappa shape index (κ3) is 3.58. The van der Waals surface area contributed by atoms with Crippen molar-refractivity contribution in [3.63, 3.8) is 0 Å². The van der Waals surface area contributed by atoms with E-state index in [1.54, 1.807) is 6.20 Å². The van der Waals surface area contributed by atoms with Gasteiger partial charge >= 0.3 is 0 Å². The average molecular weight is 311 g/mol. The summed E-state index contributed by atoms with van der Waals surface area (Å²) in [5.41, 5.74) is 1.12. The fourth-order valence-corrected chi connectivity index (χ4v) is 4.28. The molecule has 1 aliphatic carbocycles. The lowest BCUT2D eigenvalue weighted by atomic mass is 9.82. The predicted octanol–water partition coefficient (Wildman–Crippen LogP) is 3.44. The van der Waals surface area contributed by atoms with Crippen LogP contribution >= 0.6 is 0 Å². The Hall–Kier alpha value is -0.653. The van der Waals surface area contributed by atoms with Crippen LogP contribution in [-0.2, 0) is 11.5 Å². The Morgan fingerprint density at radius 2 is 2.00 bits per heavy atom. The first kappa shape index (κ1) is 16.7. The van der Waals surface area contributed by atoms with Crippen LogP contribution in [0.2, 0.25) is 18.1 Å². The minimum absolute atomic E-state index is 0.140. The van der Waals surface area contributed by atoms with Crippen LogP contribution in [-0.4, -0.2) is 35.4 Å². The highest BCUT2D eigenvalue weighted by Crippen LogP contribution is 2.41. The van der Waals surface area contributed by atoms with Crippen LogP contribution in [0, 0.1) is 0 Å². The van der Waals surface area contributed by atoms with E-state index in [2.05, 4.69) is 39.0 Å². The molecule has 1 aromatic rings. The molecule has 5 heteroatoms. The van der Waals surface area contributed by atoms with Gasteiger partial charge in [-0.1, -0.05) is 20.8 Å². The van der Waals surface area contributed by atoms with Gasteiger partial charge in [-0.25, -0.2) is 0 Å². The summed E-state index contributed by atoms with van der Waals surface area (Å²) in [6.45, 7) is 11.4. The average Bonchev–Trinajstić information content (AvgIpc) is 2.76. The van der Waals surface area contributed by atoms with Crippen LogP contribution in [0.5, 0.6) is 0 Å². The Morgan fingerprint density at radius 1 is 1.33 bits per heavy atom. The second kappa shape index (κ2) is 5.86. The van der Waals surface area contributed by atoms with Gasteiger partial charge in [0.05, 0.1) is 6.10 Å². The van der Waals surface area contributed by atoms with Gasteiger partial charge in [0.2, 0.25) is 0 Å². The lowest BCUT2D eigenvalue weighted by Gasteiger charge is -2.42. The van der Waals surface area contributed by atoms with E-state index in [-0.39, 0.29) is 23.2 Å². The second-order valence-electron chi connectivity index (χ2n) is 7.87. The Morgan fingerprint density at radius 3 is 2.52 bits per heavy atom. The Labute approximate surface area is 129 Å². The molecule has 0 aromatic carbocycles. The van der Waals surface area contributed by atoms with Gasteiger partial charge in [0, 0.05) is 31.0 Å². The molecule has 1 N–H and O–H groups in total. The standard InChI is InChI=1S/C16H30N2O2Si/c1-16(2,3)21(5,6)20-12-7-8-15(19)13(11-12)14-9-10-17-18(14)4/h9-10,12-13,15,19H,7-8,11H2,1-6H3/t12-,13-,15+/m0/s1. The van der Waals surface area contributed by atoms with E-state index in [9.17, 15) is 5.11 Å². The van der Waals surface area contributed by atoms with Crippen molar-refractivity contribution in [1.29, 1.82) is 0 Å².